The van der Waals surface area contributed by atoms with Gasteiger partial charge in [0.25, 0.3) is 0 Å². The molecule has 12 heavy (non-hydrogen) atoms. The fourth-order valence-corrected chi connectivity index (χ4v) is 1.01. The van der Waals surface area contributed by atoms with Crippen molar-refractivity contribution >= 4 is 5.78 Å². The Bertz CT molecular complexity index is 156. The summed E-state index contributed by atoms with van der Waals surface area (Å²) in [5, 5.41) is 0. The molecule has 0 bridgehead atoms. The number of rotatable bonds is 7. The Morgan fingerprint density at radius 1 is 1.42 bits per heavy atom. The largest absolute Gasteiger partial charge is 0.300 e. The van der Waals surface area contributed by atoms with E-state index in [0.29, 0.717) is 5.78 Å². The molecule has 0 aliphatic carbocycles. The molecule has 0 aliphatic heterocycles. The van der Waals surface area contributed by atoms with Crippen molar-refractivity contribution in [3.8, 4) is 0 Å². The standard InChI is InChI=1S/C11H18O/c1-3-5-6-7-8-10-11(12)9-4-2/h3,5-6H,1,4,7-10H2,2H3. The molecule has 0 heterocycles. The summed E-state index contributed by atoms with van der Waals surface area (Å²) >= 11 is 0. The SMILES string of the molecule is C=CC=CCCCC(=O)CCC. The Morgan fingerprint density at radius 3 is 2.75 bits per heavy atom. The maximum atomic E-state index is 11.0. The molecule has 0 aliphatic rings. The van der Waals surface area contributed by atoms with Crippen molar-refractivity contribution in [2.24, 2.45) is 0 Å². The molecule has 0 aromatic heterocycles. The smallest absolute Gasteiger partial charge is 0.132 e. The maximum Gasteiger partial charge on any atom is 0.132 e. The maximum absolute atomic E-state index is 11.0. The highest BCUT2D eigenvalue weighted by Gasteiger charge is 1.97. The Kier molecular flexibility index (Phi) is 7.66. The van der Waals surface area contributed by atoms with E-state index in [2.05, 4.69) is 6.58 Å². The summed E-state index contributed by atoms with van der Waals surface area (Å²) in [7, 11) is 0. The molecule has 1 nitrogen and oxygen atoms in total. The Hall–Kier alpha value is -0.850. The first-order chi connectivity index (χ1) is 5.81. The summed E-state index contributed by atoms with van der Waals surface area (Å²) in [6.07, 6.45) is 10.1. The predicted octanol–water partition coefficient (Wildman–Crippen LogP) is 3.27. The summed E-state index contributed by atoms with van der Waals surface area (Å²) in [5.74, 6) is 0.393. The van der Waals surface area contributed by atoms with Crippen LogP contribution in [0.25, 0.3) is 0 Å². The van der Waals surface area contributed by atoms with Crippen LogP contribution in [0.2, 0.25) is 0 Å². The van der Waals surface area contributed by atoms with Crippen molar-refractivity contribution in [2.45, 2.75) is 39.0 Å². The van der Waals surface area contributed by atoms with Crippen LogP contribution in [0.15, 0.2) is 24.8 Å². The van der Waals surface area contributed by atoms with Crippen molar-refractivity contribution in [1.82, 2.24) is 0 Å². The van der Waals surface area contributed by atoms with Gasteiger partial charge in [-0.1, -0.05) is 31.7 Å². The molecule has 0 N–H and O–H groups in total. The summed E-state index contributed by atoms with van der Waals surface area (Å²) in [5.41, 5.74) is 0. The summed E-state index contributed by atoms with van der Waals surface area (Å²) < 4.78 is 0. The van der Waals surface area contributed by atoms with Crippen LogP contribution in [0.3, 0.4) is 0 Å². The van der Waals surface area contributed by atoms with Crippen molar-refractivity contribution in [1.29, 1.82) is 0 Å². The van der Waals surface area contributed by atoms with Gasteiger partial charge in [0, 0.05) is 12.8 Å². The zero-order valence-electron chi connectivity index (χ0n) is 7.88. The molecule has 0 aromatic carbocycles. The van der Waals surface area contributed by atoms with E-state index in [1.807, 2.05) is 19.1 Å². The van der Waals surface area contributed by atoms with Gasteiger partial charge >= 0.3 is 0 Å². The minimum atomic E-state index is 0.393. The fraction of sp³-hybridized carbons (Fsp3) is 0.545. The average molecular weight is 166 g/mol. The molecule has 0 fully saturated rings. The lowest BCUT2D eigenvalue weighted by molar-refractivity contribution is -0.119. The number of hydrogen-bond acceptors (Lipinski definition) is 1. The molecule has 0 atom stereocenters. The van der Waals surface area contributed by atoms with Crippen LogP contribution in [0.1, 0.15) is 39.0 Å². The second-order valence-electron chi connectivity index (χ2n) is 2.84. The quantitative estimate of drug-likeness (QED) is 0.419. The second-order valence-corrected chi connectivity index (χ2v) is 2.84. The lowest BCUT2D eigenvalue weighted by Gasteiger charge is -1.95. The first-order valence-electron chi connectivity index (χ1n) is 4.60. The van der Waals surface area contributed by atoms with E-state index in [-0.39, 0.29) is 0 Å². The van der Waals surface area contributed by atoms with Crippen molar-refractivity contribution in [3.63, 3.8) is 0 Å². The first kappa shape index (κ1) is 11.2. The summed E-state index contributed by atoms with van der Waals surface area (Å²) in [6.45, 7) is 5.61. The van der Waals surface area contributed by atoms with Crippen molar-refractivity contribution in [3.05, 3.63) is 24.8 Å². The molecular formula is C11H18O. The van der Waals surface area contributed by atoms with Crippen molar-refractivity contribution in [2.75, 3.05) is 0 Å². The number of Topliss-reactive ketones (excluding diaryl/α,β-unsaturated/α-hetero) is 1. The van der Waals surface area contributed by atoms with Crippen LogP contribution in [-0.2, 0) is 4.79 Å². The van der Waals surface area contributed by atoms with Gasteiger partial charge in [0.1, 0.15) is 5.78 Å². The van der Waals surface area contributed by atoms with Crippen LogP contribution in [-0.4, -0.2) is 5.78 Å². The lowest BCUT2D eigenvalue weighted by Crippen LogP contribution is -1.95. The molecule has 0 unspecified atom stereocenters. The van der Waals surface area contributed by atoms with Crippen LogP contribution >= 0.6 is 0 Å². The average Bonchev–Trinajstić information content (AvgIpc) is 2.05. The van der Waals surface area contributed by atoms with E-state index in [9.17, 15) is 4.79 Å². The van der Waals surface area contributed by atoms with Crippen LogP contribution < -0.4 is 0 Å². The van der Waals surface area contributed by atoms with E-state index in [1.165, 1.54) is 0 Å². The van der Waals surface area contributed by atoms with Crippen molar-refractivity contribution < 1.29 is 4.79 Å². The Labute approximate surface area is 75.2 Å². The minimum Gasteiger partial charge on any atom is -0.300 e. The van der Waals surface area contributed by atoms with Gasteiger partial charge in [-0.2, -0.15) is 0 Å². The highest BCUT2D eigenvalue weighted by Crippen LogP contribution is 2.01. The third-order valence-electron chi connectivity index (χ3n) is 1.63. The molecule has 0 radical (unpaired) electrons. The second kappa shape index (κ2) is 8.25. The molecule has 0 spiro atoms. The van der Waals surface area contributed by atoms with Gasteiger partial charge in [0.2, 0.25) is 0 Å². The molecule has 0 aromatic rings. The predicted molar refractivity (Wildman–Crippen MR) is 53.1 cm³/mol. The van der Waals surface area contributed by atoms with E-state index in [0.717, 1.165) is 32.1 Å². The molecule has 1 heteroatoms. The number of carbonyl (C=O) groups is 1. The van der Waals surface area contributed by atoms with Crippen LogP contribution in [0.5, 0.6) is 0 Å². The van der Waals surface area contributed by atoms with E-state index in [1.54, 1.807) is 6.08 Å². The molecule has 0 saturated heterocycles. The van der Waals surface area contributed by atoms with Gasteiger partial charge in [0.15, 0.2) is 0 Å². The molecule has 68 valence electrons. The summed E-state index contributed by atoms with van der Waals surface area (Å²) in [6, 6.07) is 0. The van der Waals surface area contributed by atoms with E-state index >= 15 is 0 Å². The zero-order valence-corrected chi connectivity index (χ0v) is 7.88. The normalized spacial score (nSPS) is 10.4. The van der Waals surface area contributed by atoms with Crippen LogP contribution in [0.4, 0.5) is 0 Å². The fourth-order valence-electron chi connectivity index (χ4n) is 1.01. The third-order valence-corrected chi connectivity index (χ3v) is 1.63. The molecule has 0 amide bonds. The topological polar surface area (TPSA) is 17.1 Å². The van der Waals surface area contributed by atoms with Gasteiger partial charge < -0.3 is 0 Å². The van der Waals surface area contributed by atoms with Crippen LogP contribution in [0, 0.1) is 0 Å². The number of ketones is 1. The summed E-state index contributed by atoms with van der Waals surface area (Å²) in [4.78, 5) is 11.0. The third kappa shape index (κ3) is 7.26. The van der Waals surface area contributed by atoms with Gasteiger partial charge in [0.05, 0.1) is 0 Å². The number of allylic oxidation sites excluding steroid dienone is 3. The van der Waals surface area contributed by atoms with E-state index in [4.69, 9.17) is 0 Å². The molecule has 0 rings (SSSR count). The Balaban J connectivity index is 3.24. The number of carbonyl (C=O) groups excluding carboxylic acids is 1. The molecule has 0 saturated carbocycles. The molecular weight excluding hydrogens is 148 g/mol. The monoisotopic (exact) mass is 166 g/mol. The van der Waals surface area contributed by atoms with Gasteiger partial charge in [-0.15, -0.1) is 0 Å². The minimum absolute atomic E-state index is 0.393. The number of unbranched alkanes of at least 4 members (excludes halogenated alkanes) is 1. The lowest BCUT2D eigenvalue weighted by atomic mass is 10.1. The zero-order chi connectivity index (χ0) is 9.23. The first-order valence-corrected chi connectivity index (χ1v) is 4.60. The number of hydrogen-bond donors (Lipinski definition) is 0. The van der Waals surface area contributed by atoms with E-state index < -0.39 is 0 Å². The van der Waals surface area contributed by atoms with Gasteiger partial charge in [-0.3, -0.25) is 4.79 Å². The highest BCUT2D eigenvalue weighted by atomic mass is 16.1. The Morgan fingerprint density at radius 2 is 2.17 bits per heavy atom. The van der Waals surface area contributed by atoms with Gasteiger partial charge in [-0.25, -0.2) is 0 Å². The highest BCUT2D eigenvalue weighted by molar-refractivity contribution is 5.78. The van der Waals surface area contributed by atoms with Gasteiger partial charge in [-0.05, 0) is 19.3 Å².